The first kappa shape index (κ1) is 13.4. The number of aryl methyl sites for hydroxylation is 1. The second-order valence-electron chi connectivity index (χ2n) is 5.42. The molecule has 0 saturated heterocycles. The lowest BCUT2D eigenvalue weighted by atomic mass is 9.91. The Balaban J connectivity index is 2.44. The third-order valence-electron chi connectivity index (χ3n) is 3.60. The van der Waals surface area contributed by atoms with Gasteiger partial charge in [-0.1, -0.05) is 25.5 Å². The molecule has 0 fully saturated rings. The van der Waals surface area contributed by atoms with Crippen LogP contribution in [0.4, 0.5) is 0 Å². The molecular weight excluding hydrogens is 224 g/mol. The number of benzene rings is 1. The Kier molecular flexibility index (Phi) is 3.96. The molecule has 0 aromatic heterocycles. The van der Waals surface area contributed by atoms with Crippen LogP contribution in [0.15, 0.2) is 12.1 Å². The molecule has 100 valence electrons. The molecule has 1 aromatic carbocycles. The SMILES string of the molecule is CCCCc1ccc2c(c1OCC)C(C)(C)OC2. The first-order chi connectivity index (χ1) is 8.60. The van der Waals surface area contributed by atoms with Gasteiger partial charge in [-0.2, -0.15) is 0 Å². The summed E-state index contributed by atoms with van der Waals surface area (Å²) in [6.07, 6.45) is 3.51. The maximum atomic E-state index is 5.93. The third-order valence-corrected chi connectivity index (χ3v) is 3.60. The first-order valence-electron chi connectivity index (χ1n) is 7.02. The van der Waals surface area contributed by atoms with Gasteiger partial charge < -0.3 is 9.47 Å². The molecule has 1 aliphatic heterocycles. The van der Waals surface area contributed by atoms with E-state index in [1.54, 1.807) is 0 Å². The summed E-state index contributed by atoms with van der Waals surface area (Å²) in [5.74, 6) is 1.07. The van der Waals surface area contributed by atoms with Gasteiger partial charge in [0.25, 0.3) is 0 Å². The molecule has 0 spiro atoms. The van der Waals surface area contributed by atoms with E-state index < -0.39 is 0 Å². The summed E-state index contributed by atoms with van der Waals surface area (Å²) in [5.41, 5.74) is 3.65. The highest BCUT2D eigenvalue weighted by molar-refractivity contribution is 5.51. The molecule has 0 aliphatic carbocycles. The first-order valence-corrected chi connectivity index (χ1v) is 7.02. The van der Waals surface area contributed by atoms with Crippen molar-refractivity contribution in [3.8, 4) is 5.75 Å². The van der Waals surface area contributed by atoms with E-state index in [4.69, 9.17) is 9.47 Å². The van der Waals surface area contributed by atoms with Gasteiger partial charge in [0.2, 0.25) is 0 Å². The van der Waals surface area contributed by atoms with Crippen molar-refractivity contribution < 1.29 is 9.47 Å². The lowest BCUT2D eigenvalue weighted by molar-refractivity contribution is -0.00916. The molecular formula is C16H24O2. The van der Waals surface area contributed by atoms with E-state index in [1.807, 2.05) is 6.92 Å². The number of hydrogen-bond acceptors (Lipinski definition) is 2. The fourth-order valence-corrected chi connectivity index (χ4v) is 2.65. The number of rotatable bonds is 5. The van der Waals surface area contributed by atoms with Crippen molar-refractivity contribution in [2.75, 3.05) is 6.61 Å². The summed E-state index contributed by atoms with van der Waals surface area (Å²) in [6, 6.07) is 4.42. The highest BCUT2D eigenvalue weighted by atomic mass is 16.5. The molecule has 2 nitrogen and oxygen atoms in total. The summed E-state index contributed by atoms with van der Waals surface area (Å²) in [6.45, 7) is 9.95. The summed E-state index contributed by atoms with van der Waals surface area (Å²) >= 11 is 0. The van der Waals surface area contributed by atoms with E-state index >= 15 is 0 Å². The van der Waals surface area contributed by atoms with Gasteiger partial charge in [0.1, 0.15) is 5.75 Å². The van der Waals surface area contributed by atoms with Crippen LogP contribution < -0.4 is 4.74 Å². The Morgan fingerprint density at radius 3 is 2.72 bits per heavy atom. The van der Waals surface area contributed by atoms with E-state index in [0.717, 1.165) is 12.2 Å². The van der Waals surface area contributed by atoms with Crippen molar-refractivity contribution in [2.45, 2.75) is 59.2 Å². The van der Waals surface area contributed by atoms with Gasteiger partial charge in [0.15, 0.2) is 0 Å². The molecule has 18 heavy (non-hydrogen) atoms. The van der Waals surface area contributed by atoms with Crippen molar-refractivity contribution in [2.24, 2.45) is 0 Å². The number of ether oxygens (including phenoxy) is 2. The van der Waals surface area contributed by atoms with Crippen molar-refractivity contribution in [1.82, 2.24) is 0 Å². The summed E-state index contributed by atoms with van der Waals surface area (Å²) in [5, 5.41) is 0. The lowest BCUT2D eigenvalue weighted by Crippen LogP contribution is -2.17. The smallest absolute Gasteiger partial charge is 0.128 e. The van der Waals surface area contributed by atoms with Crippen molar-refractivity contribution >= 4 is 0 Å². The molecule has 0 saturated carbocycles. The molecule has 2 rings (SSSR count). The van der Waals surface area contributed by atoms with Gasteiger partial charge in [0, 0.05) is 5.56 Å². The number of hydrogen-bond donors (Lipinski definition) is 0. The average molecular weight is 248 g/mol. The van der Waals surface area contributed by atoms with Crippen LogP contribution in [-0.2, 0) is 23.4 Å². The molecule has 0 N–H and O–H groups in total. The molecule has 2 heteroatoms. The van der Waals surface area contributed by atoms with E-state index in [1.165, 1.54) is 29.5 Å². The molecule has 0 unspecified atom stereocenters. The molecule has 1 aromatic rings. The predicted octanol–water partition coefficient (Wildman–Crippen LogP) is 4.19. The molecule has 0 radical (unpaired) electrons. The number of unbranched alkanes of at least 4 members (excludes halogenated alkanes) is 1. The number of fused-ring (bicyclic) bond motifs is 1. The van der Waals surface area contributed by atoms with Crippen LogP contribution in [0.1, 0.15) is 57.2 Å². The lowest BCUT2D eigenvalue weighted by Gasteiger charge is -2.23. The molecule has 0 bridgehead atoms. The zero-order valence-corrected chi connectivity index (χ0v) is 12.0. The minimum atomic E-state index is -0.220. The maximum absolute atomic E-state index is 5.93. The highest BCUT2D eigenvalue weighted by Gasteiger charge is 2.35. The largest absolute Gasteiger partial charge is 0.493 e. The summed E-state index contributed by atoms with van der Waals surface area (Å²) in [4.78, 5) is 0. The zero-order valence-electron chi connectivity index (χ0n) is 12.0. The third kappa shape index (κ3) is 2.39. The molecule has 0 amide bonds. The molecule has 1 heterocycles. The molecule has 1 aliphatic rings. The van der Waals surface area contributed by atoms with Gasteiger partial charge in [-0.25, -0.2) is 0 Å². The Morgan fingerprint density at radius 2 is 2.06 bits per heavy atom. The quantitative estimate of drug-likeness (QED) is 0.777. The van der Waals surface area contributed by atoms with Crippen molar-refractivity contribution in [3.63, 3.8) is 0 Å². The Morgan fingerprint density at radius 1 is 1.28 bits per heavy atom. The van der Waals surface area contributed by atoms with Crippen LogP contribution in [0.25, 0.3) is 0 Å². The Labute approximate surface area is 110 Å². The van der Waals surface area contributed by atoms with Crippen LogP contribution in [0.3, 0.4) is 0 Å². The standard InChI is InChI=1S/C16H24O2/c1-5-7-8-12-9-10-13-11-18-16(3,4)14(13)15(12)17-6-2/h9-10H,5-8,11H2,1-4H3. The van der Waals surface area contributed by atoms with Gasteiger partial charge in [-0.05, 0) is 44.7 Å². The monoisotopic (exact) mass is 248 g/mol. The zero-order chi connectivity index (χ0) is 13.2. The van der Waals surface area contributed by atoms with Gasteiger partial charge in [-0.15, -0.1) is 0 Å². The van der Waals surface area contributed by atoms with Gasteiger partial charge in [0.05, 0.1) is 18.8 Å². The minimum Gasteiger partial charge on any atom is -0.493 e. The van der Waals surface area contributed by atoms with Crippen LogP contribution in [-0.4, -0.2) is 6.61 Å². The fourth-order valence-electron chi connectivity index (χ4n) is 2.65. The van der Waals surface area contributed by atoms with Gasteiger partial charge in [-0.3, -0.25) is 0 Å². The molecule has 0 atom stereocenters. The van der Waals surface area contributed by atoms with Crippen molar-refractivity contribution in [3.05, 3.63) is 28.8 Å². The van der Waals surface area contributed by atoms with E-state index in [-0.39, 0.29) is 5.60 Å². The minimum absolute atomic E-state index is 0.220. The van der Waals surface area contributed by atoms with E-state index in [2.05, 4.69) is 32.9 Å². The second kappa shape index (κ2) is 5.31. The topological polar surface area (TPSA) is 18.5 Å². The normalized spacial score (nSPS) is 16.7. The van der Waals surface area contributed by atoms with Gasteiger partial charge >= 0.3 is 0 Å². The highest BCUT2D eigenvalue weighted by Crippen LogP contribution is 2.43. The summed E-state index contributed by atoms with van der Waals surface area (Å²) in [7, 11) is 0. The van der Waals surface area contributed by atoms with E-state index in [9.17, 15) is 0 Å². The van der Waals surface area contributed by atoms with Crippen molar-refractivity contribution in [1.29, 1.82) is 0 Å². The fraction of sp³-hybridized carbons (Fsp3) is 0.625. The second-order valence-corrected chi connectivity index (χ2v) is 5.42. The van der Waals surface area contributed by atoms with Crippen LogP contribution in [0, 0.1) is 0 Å². The Hall–Kier alpha value is -1.02. The Bertz CT molecular complexity index is 421. The van der Waals surface area contributed by atoms with Crippen LogP contribution in [0.2, 0.25) is 0 Å². The van der Waals surface area contributed by atoms with E-state index in [0.29, 0.717) is 13.2 Å². The average Bonchev–Trinajstić information content (AvgIpc) is 2.65. The summed E-state index contributed by atoms with van der Waals surface area (Å²) < 4.78 is 11.8. The van der Waals surface area contributed by atoms with Crippen LogP contribution in [0.5, 0.6) is 5.75 Å². The van der Waals surface area contributed by atoms with Crippen LogP contribution >= 0.6 is 0 Å². The maximum Gasteiger partial charge on any atom is 0.128 e. The predicted molar refractivity (Wildman–Crippen MR) is 74.0 cm³/mol.